The van der Waals surface area contributed by atoms with Crippen LogP contribution in [0.15, 0.2) is 24.3 Å². The summed E-state index contributed by atoms with van der Waals surface area (Å²) in [6.07, 6.45) is 1.08. The van der Waals surface area contributed by atoms with E-state index in [-0.39, 0.29) is 0 Å². The van der Waals surface area contributed by atoms with Crippen molar-refractivity contribution in [1.82, 2.24) is 0 Å². The van der Waals surface area contributed by atoms with Crippen LogP contribution >= 0.6 is 0 Å². The zero-order valence-electron chi connectivity index (χ0n) is 9.82. The molecule has 1 rings (SSSR count). The van der Waals surface area contributed by atoms with Crippen LogP contribution in [0.5, 0.6) is 0 Å². The Kier molecular flexibility index (Phi) is 5.61. The molecule has 0 aromatic heterocycles. The fourth-order valence-corrected chi connectivity index (χ4v) is 3.05. The van der Waals surface area contributed by atoms with Crippen LogP contribution in [0.1, 0.15) is 26.3 Å². The number of benzene rings is 1. The van der Waals surface area contributed by atoms with E-state index in [0.717, 1.165) is 19.6 Å². The lowest BCUT2D eigenvalue weighted by molar-refractivity contribution is 0.225. The van der Waals surface area contributed by atoms with Gasteiger partial charge in [-0.3, -0.25) is 0 Å². The predicted octanol–water partition coefficient (Wildman–Crippen LogP) is 1.75. The Balaban J connectivity index is 2.72. The largest absolute Gasteiger partial charge is 0.394 e. The normalized spacial score (nSPS) is 10.9. The van der Waals surface area contributed by atoms with Crippen molar-refractivity contribution in [2.75, 3.05) is 13.2 Å². The smallest absolute Gasteiger partial charge is 0.355 e. The van der Waals surface area contributed by atoms with Gasteiger partial charge in [-0.15, -0.1) is 0 Å². The van der Waals surface area contributed by atoms with Crippen LogP contribution in [-0.4, -0.2) is 22.5 Å². The monoisotopic (exact) mass is 224 g/mol. The molecule has 0 heterocycles. The van der Waals surface area contributed by atoms with Crippen molar-refractivity contribution in [3.63, 3.8) is 0 Å². The summed E-state index contributed by atoms with van der Waals surface area (Å²) in [7, 11) is -1.62. The number of hydrogen-bond donors (Lipinski definition) is 0. The Bertz CT molecular complexity index is 265. The third-order valence-electron chi connectivity index (χ3n) is 2.30. The first-order valence-corrected chi connectivity index (χ1v) is 7.15. The van der Waals surface area contributed by atoms with Gasteiger partial charge in [0.1, 0.15) is 0 Å². The second kappa shape index (κ2) is 6.77. The van der Waals surface area contributed by atoms with Gasteiger partial charge >= 0.3 is 9.28 Å². The Hall–Kier alpha value is -0.643. The molecule has 0 fully saturated rings. The van der Waals surface area contributed by atoms with Gasteiger partial charge < -0.3 is 8.85 Å². The van der Waals surface area contributed by atoms with Gasteiger partial charge in [0.15, 0.2) is 0 Å². The molecule has 0 unspecified atom stereocenters. The lowest BCUT2D eigenvalue weighted by atomic mass is 10.2. The SMILES string of the molecule is CCO[SiH](OCC)c1ccc(CC)cc1. The van der Waals surface area contributed by atoms with Gasteiger partial charge in [-0.1, -0.05) is 31.2 Å². The third kappa shape index (κ3) is 3.78. The van der Waals surface area contributed by atoms with Crippen LogP contribution in [0.2, 0.25) is 0 Å². The highest BCUT2D eigenvalue weighted by Gasteiger charge is 2.14. The van der Waals surface area contributed by atoms with Crippen molar-refractivity contribution < 1.29 is 8.85 Å². The van der Waals surface area contributed by atoms with Crippen molar-refractivity contribution in [2.45, 2.75) is 27.2 Å². The van der Waals surface area contributed by atoms with E-state index in [9.17, 15) is 0 Å². The van der Waals surface area contributed by atoms with E-state index in [1.807, 2.05) is 13.8 Å². The molecule has 0 amide bonds. The maximum atomic E-state index is 5.66. The van der Waals surface area contributed by atoms with E-state index in [1.165, 1.54) is 10.8 Å². The maximum Gasteiger partial charge on any atom is 0.355 e. The molecule has 84 valence electrons. The molecule has 2 nitrogen and oxygen atoms in total. The molecule has 0 aliphatic rings. The van der Waals surface area contributed by atoms with Crippen LogP contribution in [0.4, 0.5) is 0 Å². The van der Waals surface area contributed by atoms with Crippen molar-refractivity contribution in [3.8, 4) is 0 Å². The second-order valence-electron chi connectivity index (χ2n) is 3.34. The van der Waals surface area contributed by atoms with Crippen molar-refractivity contribution in [1.29, 1.82) is 0 Å². The van der Waals surface area contributed by atoms with Crippen LogP contribution in [0.3, 0.4) is 0 Å². The zero-order valence-corrected chi connectivity index (χ0v) is 11.0. The summed E-state index contributed by atoms with van der Waals surface area (Å²) in [4.78, 5) is 0. The lowest BCUT2D eigenvalue weighted by Crippen LogP contribution is -2.36. The first-order chi connectivity index (χ1) is 7.31. The summed E-state index contributed by atoms with van der Waals surface area (Å²) < 4.78 is 11.3. The Morgan fingerprint density at radius 2 is 1.47 bits per heavy atom. The first-order valence-electron chi connectivity index (χ1n) is 5.63. The second-order valence-corrected chi connectivity index (χ2v) is 5.33. The summed E-state index contributed by atoms with van der Waals surface area (Å²) in [6, 6.07) is 8.60. The Morgan fingerprint density at radius 3 is 1.87 bits per heavy atom. The number of aryl methyl sites for hydroxylation is 1. The summed E-state index contributed by atoms with van der Waals surface area (Å²) in [5, 5.41) is 1.23. The Labute approximate surface area is 94.1 Å². The molecule has 0 spiro atoms. The molecular formula is C12H20O2Si. The van der Waals surface area contributed by atoms with Crippen LogP contribution in [-0.2, 0) is 15.3 Å². The topological polar surface area (TPSA) is 18.5 Å². The van der Waals surface area contributed by atoms with Crippen LogP contribution in [0.25, 0.3) is 0 Å². The maximum absolute atomic E-state index is 5.66. The molecule has 0 saturated carbocycles. The molecule has 0 bridgehead atoms. The Morgan fingerprint density at radius 1 is 0.933 bits per heavy atom. The van der Waals surface area contributed by atoms with Crippen molar-refractivity contribution in [2.24, 2.45) is 0 Å². The van der Waals surface area contributed by atoms with Gasteiger partial charge in [0.25, 0.3) is 0 Å². The first kappa shape index (κ1) is 12.4. The average molecular weight is 224 g/mol. The van der Waals surface area contributed by atoms with E-state index in [2.05, 4.69) is 31.2 Å². The summed E-state index contributed by atoms with van der Waals surface area (Å²) >= 11 is 0. The average Bonchev–Trinajstić information content (AvgIpc) is 2.29. The molecule has 0 saturated heterocycles. The molecular weight excluding hydrogens is 204 g/mol. The van der Waals surface area contributed by atoms with Gasteiger partial charge in [0, 0.05) is 13.2 Å². The molecule has 0 N–H and O–H groups in total. The number of hydrogen-bond acceptors (Lipinski definition) is 2. The highest BCUT2D eigenvalue weighted by molar-refractivity contribution is 6.61. The van der Waals surface area contributed by atoms with Gasteiger partial charge in [-0.05, 0) is 31.0 Å². The van der Waals surface area contributed by atoms with E-state index in [4.69, 9.17) is 8.85 Å². The minimum atomic E-state index is -1.62. The quantitative estimate of drug-likeness (QED) is 0.685. The highest BCUT2D eigenvalue weighted by atomic mass is 28.3. The molecule has 0 aliphatic heterocycles. The molecule has 1 aromatic rings. The van der Waals surface area contributed by atoms with Crippen molar-refractivity contribution >= 4 is 14.5 Å². The standard InChI is InChI=1S/C12H20O2Si/c1-4-11-7-9-12(10-8-11)15(13-5-2)14-6-3/h7-10,15H,4-6H2,1-3H3. The summed E-state index contributed by atoms with van der Waals surface area (Å²) in [5.41, 5.74) is 1.36. The summed E-state index contributed by atoms with van der Waals surface area (Å²) in [5.74, 6) is 0. The van der Waals surface area contributed by atoms with Crippen molar-refractivity contribution in [3.05, 3.63) is 29.8 Å². The molecule has 3 heteroatoms. The third-order valence-corrected chi connectivity index (χ3v) is 4.50. The lowest BCUT2D eigenvalue weighted by Gasteiger charge is -2.15. The van der Waals surface area contributed by atoms with Crippen LogP contribution in [0, 0.1) is 0 Å². The van der Waals surface area contributed by atoms with Gasteiger partial charge in [-0.2, -0.15) is 0 Å². The predicted molar refractivity (Wildman–Crippen MR) is 65.9 cm³/mol. The van der Waals surface area contributed by atoms with Gasteiger partial charge in [0.2, 0.25) is 0 Å². The van der Waals surface area contributed by atoms with Crippen LogP contribution < -0.4 is 5.19 Å². The molecule has 1 aromatic carbocycles. The highest BCUT2D eigenvalue weighted by Crippen LogP contribution is 2.00. The molecule has 15 heavy (non-hydrogen) atoms. The molecule has 0 atom stereocenters. The fraction of sp³-hybridized carbons (Fsp3) is 0.500. The molecule has 0 aliphatic carbocycles. The molecule has 0 radical (unpaired) electrons. The minimum Gasteiger partial charge on any atom is -0.394 e. The van der Waals surface area contributed by atoms with E-state index < -0.39 is 9.28 Å². The van der Waals surface area contributed by atoms with E-state index in [0.29, 0.717) is 0 Å². The zero-order chi connectivity index (χ0) is 11.1. The number of rotatable bonds is 6. The van der Waals surface area contributed by atoms with Gasteiger partial charge in [-0.25, -0.2) is 0 Å². The van der Waals surface area contributed by atoms with Gasteiger partial charge in [0.05, 0.1) is 0 Å². The van der Waals surface area contributed by atoms with E-state index in [1.54, 1.807) is 0 Å². The minimum absolute atomic E-state index is 0.729. The fourth-order valence-electron chi connectivity index (χ4n) is 1.45. The summed E-state index contributed by atoms with van der Waals surface area (Å²) in [6.45, 7) is 7.65. The van der Waals surface area contributed by atoms with E-state index >= 15 is 0 Å².